The van der Waals surface area contributed by atoms with E-state index in [-0.39, 0.29) is 11.2 Å². The third-order valence-corrected chi connectivity index (χ3v) is 4.92. The number of carbonyl (C=O) groups is 1. The van der Waals surface area contributed by atoms with E-state index in [1.165, 1.54) is 12.8 Å². The fraction of sp³-hybridized carbons (Fsp3) is 0.462. The smallest absolute Gasteiger partial charge is 0.237 e. The van der Waals surface area contributed by atoms with Crippen LogP contribution in [-0.2, 0) is 4.79 Å². The van der Waals surface area contributed by atoms with E-state index in [4.69, 9.17) is 0 Å². The number of carbonyl (C=O) groups excluding carboxylic acids is 1. The molecule has 1 fully saturated rings. The minimum atomic E-state index is 0.121. The second-order valence-electron chi connectivity index (χ2n) is 4.33. The Labute approximate surface area is 115 Å². The van der Waals surface area contributed by atoms with Gasteiger partial charge in [0.25, 0.3) is 0 Å². The first-order chi connectivity index (χ1) is 8.16. The van der Waals surface area contributed by atoms with Gasteiger partial charge >= 0.3 is 0 Å². The van der Waals surface area contributed by atoms with E-state index >= 15 is 0 Å². The molecule has 1 N–H and O–H groups in total. The number of thioether (sulfide) groups is 1. The van der Waals surface area contributed by atoms with Crippen LogP contribution in [-0.4, -0.2) is 16.9 Å². The maximum atomic E-state index is 12.1. The van der Waals surface area contributed by atoms with Crippen LogP contribution in [0.5, 0.6) is 0 Å². The van der Waals surface area contributed by atoms with Gasteiger partial charge in [0.05, 0.1) is 10.9 Å². The van der Waals surface area contributed by atoms with Crippen molar-refractivity contribution < 1.29 is 4.79 Å². The fourth-order valence-electron chi connectivity index (χ4n) is 1.90. The molecule has 1 unspecified atom stereocenters. The molecule has 1 atom stereocenters. The summed E-state index contributed by atoms with van der Waals surface area (Å²) in [5.74, 6) is 1.24. The summed E-state index contributed by atoms with van der Waals surface area (Å²) in [4.78, 5) is 12.1. The Hall–Kier alpha value is -0.480. The molecule has 1 saturated heterocycles. The summed E-state index contributed by atoms with van der Waals surface area (Å²) in [6.45, 7) is 2.03. The van der Waals surface area contributed by atoms with Gasteiger partial charge in [0.1, 0.15) is 0 Å². The van der Waals surface area contributed by atoms with Gasteiger partial charge in [-0.05, 0) is 59.1 Å². The van der Waals surface area contributed by atoms with Crippen molar-refractivity contribution >= 4 is 39.3 Å². The van der Waals surface area contributed by atoms with Crippen LogP contribution in [0.1, 0.15) is 24.8 Å². The molecule has 2 rings (SSSR count). The first-order valence-corrected chi connectivity index (χ1v) is 7.69. The number of aryl methyl sites for hydroxylation is 1. The maximum absolute atomic E-state index is 12.1. The highest BCUT2D eigenvalue weighted by Crippen LogP contribution is 2.28. The highest BCUT2D eigenvalue weighted by Gasteiger charge is 2.22. The third kappa shape index (κ3) is 3.49. The standard InChI is InChI=1S/C13H16BrNOS/c1-9-5-6-10(14)11(8-9)15-13(16)12-4-2-3-7-17-12/h5-6,8,12H,2-4,7H2,1H3,(H,15,16). The van der Waals surface area contributed by atoms with Gasteiger partial charge < -0.3 is 5.32 Å². The summed E-state index contributed by atoms with van der Waals surface area (Å²) in [5, 5.41) is 3.14. The zero-order valence-electron chi connectivity index (χ0n) is 9.83. The van der Waals surface area contributed by atoms with Crippen LogP contribution in [0.4, 0.5) is 5.69 Å². The number of rotatable bonds is 2. The molecule has 1 aromatic rings. The normalized spacial score (nSPS) is 20.0. The van der Waals surface area contributed by atoms with Gasteiger partial charge in [-0.3, -0.25) is 4.79 Å². The van der Waals surface area contributed by atoms with Crippen LogP contribution in [0.2, 0.25) is 0 Å². The molecule has 1 amide bonds. The van der Waals surface area contributed by atoms with Crippen molar-refractivity contribution in [1.82, 2.24) is 0 Å². The van der Waals surface area contributed by atoms with Gasteiger partial charge in [0, 0.05) is 4.47 Å². The lowest BCUT2D eigenvalue weighted by Crippen LogP contribution is -2.27. The monoisotopic (exact) mass is 313 g/mol. The number of hydrogen-bond donors (Lipinski definition) is 1. The van der Waals surface area contributed by atoms with Crippen LogP contribution < -0.4 is 5.32 Å². The molecule has 0 radical (unpaired) electrons. The molecule has 1 aliphatic rings. The molecule has 92 valence electrons. The van der Waals surface area contributed by atoms with Gasteiger partial charge in [0.15, 0.2) is 0 Å². The summed E-state index contributed by atoms with van der Waals surface area (Å²) in [6, 6.07) is 5.99. The first-order valence-electron chi connectivity index (χ1n) is 5.85. The van der Waals surface area contributed by atoms with E-state index in [1.807, 2.05) is 25.1 Å². The Morgan fingerprint density at radius 1 is 1.47 bits per heavy atom. The lowest BCUT2D eigenvalue weighted by molar-refractivity contribution is -0.115. The molecule has 0 bridgehead atoms. The lowest BCUT2D eigenvalue weighted by Gasteiger charge is -2.20. The van der Waals surface area contributed by atoms with Gasteiger partial charge in [-0.25, -0.2) is 0 Å². The lowest BCUT2D eigenvalue weighted by atomic mass is 10.1. The molecule has 1 aromatic carbocycles. The van der Waals surface area contributed by atoms with E-state index in [2.05, 4.69) is 21.2 Å². The number of hydrogen-bond acceptors (Lipinski definition) is 2. The van der Waals surface area contributed by atoms with Crippen LogP contribution >= 0.6 is 27.7 Å². The summed E-state index contributed by atoms with van der Waals surface area (Å²) >= 11 is 5.23. The molecule has 0 aliphatic carbocycles. The summed E-state index contributed by atoms with van der Waals surface area (Å²) in [6.07, 6.45) is 3.41. The molecule has 1 heterocycles. The molecule has 0 saturated carbocycles. The van der Waals surface area contributed by atoms with Crippen molar-refractivity contribution in [2.24, 2.45) is 0 Å². The molecule has 1 aliphatic heterocycles. The van der Waals surface area contributed by atoms with Crippen LogP contribution in [0.25, 0.3) is 0 Å². The van der Waals surface area contributed by atoms with Crippen molar-refractivity contribution in [1.29, 1.82) is 0 Å². The second-order valence-corrected chi connectivity index (χ2v) is 6.49. The average Bonchev–Trinajstić information content (AvgIpc) is 2.35. The Morgan fingerprint density at radius 3 is 3.00 bits per heavy atom. The van der Waals surface area contributed by atoms with Crippen molar-refractivity contribution in [3.8, 4) is 0 Å². The number of benzene rings is 1. The number of amides is 1. The molecule has 0 spiro atoms. The first kappa shape index (κ1) is 13.0. The highest BCUT2D eigenvalue weighted by molar-refractivity contribution is 9.10. The average molecular weight is 314 g/mol. The van der Waals surface area contributed by atoms with Crippen molar-refractivity contribution in [2.45, 2.75) is 31.4 Å². The number of anilines is 1. The fourth-order valence-corrected chi connectivity index (χ4v) is 3.44. The Morgan fingerprint density at radius 2 is 2.29 bits per heavy atom. The Kier molecular flexibility index (Phi) is 4.51. The van der Waals surface area contributed by atoms with E-state index in [0.29, 0.717) is 0 Å². The number of nitrogens with one attached hydrogen (secondary N) is 1. The van der Waals surface area contributed by atoms with E-state index in [0.717, 1.165) is 27.9 Å². The van der Waals surface area contributed by atoms with E-state index in [1.54, 1.807) is 11.8 Å². The van der Waals surface area contributed by atoms with Crippen LogP contribution in [0.15, 0.2) is 22.7 Å². The van der Waals surface area contributed by atoms with Crippen molar-refractivity contribution in [2.75, 3.05) is 11.1 Å². The van der Waals surface area contributed by atoms with E-state index < -0.39 is 0 Å². The predicted molar refractivity (Wildman–Crippen MR) is 77.6 cm³/mol. The van der Waals surface area contributed by atoms with Crippen molar-refractivity contribution in [3.63, 3.8) is 0 Å². The van der Waals surface area contributed by atoms with Crippen LogP contribution in [0.3, 0.4) is 0 Å². The minimum Gasteiger partial charge on any atom is -0.324 e. The maximum Gasteiger partial charge on any atom is 0.237 e. The minimum absolute atomic E-state index is 0.121. The van der Waals surface area contributed by atoms with Gasteiger partial charge in [0.2, 0.25) is 5.91 Å². The van der Waals surface area contributed by atoms with E-state index in [9.17, 15) is 4.79 Å². The SMILES string of the molecule is Cc1ccc(Br)c(NC(=O)C2CCCCS2)c1. The summed E-state index contributed by atoms with van der Waals surface area (Å²) in [7, 11) is 0. The quantitative estimate of drug-likeness (QED) is 0.894. The largest absolute Gasteiger partial charge is 0.324 e. The topological polar surface area (TPSA) is 29.1 Å². The zero-order chi connectivity index (χ0) is 12.3. The van der Waals surface area contributed by atoms with Crippen LogP contribution in [0, 0.1) is 6.92 Å². The molecular formula is C13H16BrNOS. The van der Waals surface area contributed by atoms with Gasteiger partial charge in [-0.1, -0.05) is 12.5 Å². The molecule has 2 nitrogen and oxygen atoms in total. The molecule has 4 heteroatoms. The van der Waals surface area contributed by atoms with Crippen molar-refractivity contribution in [3.05, 3.63) is 28.2 Å². The Bertz CT molecular complexity index is 416. The highest BCUT2D eigenvalue weighted by atomic mass is 79.9. The summed E-state index contributed by atoms with van der Waals surface area (Å²) < 4.78 is 0.942. The Balaban J connectivity index is 2.04. The zero-order valence-corrected chi connectivity index (χ0v) is 12.2. The molecule has 17 heavy (non-hydrogen) atoms. The second kappa shape index (κ2) is 5.91. The van der Waals surface area contributed by atoms with Gasteiger partial charge in [-0.15, -0.1) is 11.8 Å². The molecule has 0 aromatic heterocycles. The summed E-state index contributed by atoms with van der Waals surface area (Å²) in [5.41, 5.74) is 2.03. The predicted octanol–water partition coefficient (Wildman–Crippen LogP) is 3.98. The number of halogens is 1. The van der Waals surface area contributed by atoms with Gasteiger partial charge in [-0.2, -0.15) is 0 Å². The molecular weight excluding hydrogens is 298 g/mol. The third-order valence-electron chi connectivity index (χ3n) is 2.85.